The van der Waals surface area contributed by atoms with Gasteiger partial charge in [-0.2, -0.15) is 0 Å². The zero-order chi connectivity index (χ0) is 6.85. The molecule has 0 amide bonds. The number of hydrogen-bond acceptors (Lipinski definition) is 0. The summed E-state index contributed by atoms with van der Waals surface area (Å²) in [5.41, 5.74) is 1.13. The minimum absolute atomic E-state index is 0.0983. The van der Waals surface area contributed by atoms with Gasteiger partial charge >= 0.3 is 0 Å². The lowest BCUT2D eigenvalue weighted by Gasteiger charge is -2.09. The molecule has 0 aromatic rings. The highest BCUT2D eigenvalue weighted by atomic mass is 35.5. The first-order chi connectivity index (χ1) is 4.20. The summed E-state index contributed by atoms with van der Waals surface area (Å²) in [6, 6.07) is 0. The van der Waals surface area contributed by atoms with E-state index in [-0.39, 0.29) is 5.38 Å². The number of alkyl halides is 1. The molecule has 0 aliphatic heterocycles. The molecule has 0 aromatic carbocycles. The molecule has 0 fully saturated rings. The fraction of sp³-hybridized carbons (Fsp3) is 0.429. The van der Waals surface area contributed by atoms with Crippen LogP contribution in [0.4, 0.5) is 0 Å². The lowest BCUT2D eigenvalue weighted by molar-refractivity contribution is 1.02. The van der Waals surface area contributed by atoms with Crippen LogP contribution >= 0.6 is 23.2 Å². The first-order valence-corrected chi connectivity index (χ1v) is 3.70. The fourth-order valence-corrected chi connectivity index (χ4v) is 1.25. The van der Waals surface area contributed by atoms with Crippen molar-refractivity contribution in [3.63, 3.8) is 0 Å². The highest BCUT2D eigenvalue weighted by Crippen LogP contribution is 2.23. The Morgan fingerprint density at radius 3 is 2.78 bits per heavy atom. The molecule has 0 saturated heterocycles. The number of allylic oxidation sites excluding steroid dienone is 4. The molecule has 9 heavy (non-hydrogen) atoms. The number of halogens is 2. The van der Waals surface area contributed by atoms with Crippen molar-refractivity contribution in [2.45, 2.75) is 18.7 Å². The van der Waals surface area contributed by atoms with Gasteiger partial charge in [-0.1, -0.05) is 17.7 Å². The second-order valence-electron chi connectivity index (χ2n) is 2.15. The molecule has 0 spiro atoms. The van der Waals surface area contributed by atoms with E-state index in [1.807, 2.05) is 13.0 Å². The fourth-order valence-electron chi connectivity index (χ4n) is 0.745. The Hall–Kier alpha value is 0.0600. The summed E-state index contributed by atoms with van der Waals surface area (Å²) in [6.07, 6.45) is 4.84. The van der Waals surface area contributed by atoms with Gasteiger partial charge in [-0.15, -0.1) is 11.6 Å². The smallest absolute Gasteiger partial charge is 0.0567 e. The van der Waals surface area contributed by atoms with E-state index in [1.54, 1.807) is 0 Å². The standard InChI is InChI=1S/C7H8Cl2/c1-5-2-3-6(8)4-7(5)9/h2,4,6H,3H2,1H3. The third-order valence-corrected chi connectivity index (χ3v) is 2.08. The molecule has 0 nitrogen and oxygen atoms in total. The third-order valence-electron chi connectivity index (χ3n) is 1.35. The number of hydrogen-bond donors (Lipinski definition) is 0. The van der Waals surface area contributed by atoms with Crippen molar-refractivity contribution in [3.8, 4) is 0 Å². The summed E-state index contributed by atoms with van der Waals surface area (Å²) in [6.45, 7) is 1.99. The molecule has 0 bridgehead atoms. The Morgan fingerprint density at radius 2 is 2.33 bits per heavy atom. The maximum Gasteiger partial charge on any atom is 0.0567 e. The predicted molar refractivity (Wildman–Crippen MR) is 42.0 cm³/mol. The molecule has 1 atom stereocenters. The molecule has 1 rings (SSSR count). The van der Waals surface area contributed by atoms with Crippen LogP contribution in [0.15, 0.2) is 22.8 Å². The maximum atomic E-state index is 5.77. The molecule has 1 unspecified atom stereocenters. The molecule has 1 aliphatic carbocycles. The van der Waals surface area contributed by atoms with E-state index in [1.165, 1.54) is 0 Å². The third kappa shape index (κ3) is 1.74. The van der Waals surface area contributed by atoms with Gasteiger partial charge in [-0.05, 0) is 25.0 Å². The summed E-state index contributed by atoms with van der Waals surface area (Å²) >= 11 is 11.5. The second kappa shape index (κ2) is 2.76. The van der Waals surface area contributed by atoms with Gasteiger partial charge in [-0.3, -0.25) is 0 Å². The van der Waals surface area contributed by atoms with Gasteiger partial charge in [0.2, 0.25) is 0 Å². The lowest BCUT2D eigenvalue weighted by atomic mass is 10.1. The topological polar surface area (TPSA) is 0 Å². The average Bonchev–Trinajstić information content (AvgIpc) is 1.80. The van der Waals surface area contributed by atoms with E-state index >= 15 is 0 Å². The van der Waals surface area contributed by atoms with Crippen molar-refractivity contribution in [3.05, 3.63) is 22.8 Å². The van der Waals surface area contributed by atoms with Gasteiger partial charge < -0.3 is 0 Å². The van der Waals surface area contributed by atoms with Crippen LogP contribution in [0.25, 0.3) is 0 Å². The summed E-state index contributed by atoms with van der Waals surface area (Å²) in [5, 5.41) is 0.891. The molecule has 0 N–H and O–H groups in total. The van der Waals surface area contributed by atoms with Gasteiger partial charge in [0, 0.05) is 5.03 Å². The summed E-state index contributed by atoms with van der Waals surface area (Å²) in [7, 11) is 0. The maximum absolute atomic E-state index is 5.77. The van der Waals surface area contributed by atoms with E-state index in [2.05, 4.69) is 6.08 Å². The summed E-state index contributed by atoms with van der Waals surface area (Å²) < 4.78 is 0. The Bertz CT molecular complexity index is 168. The van der Waals surface area contributed by atoms with E-state index < -0.39 is 0 Å². The van der Waals surface area contributed by atoms with Gasteiger partial charge in [0.1, 0.15) is 0 Å². The lowest BCUT2D eigenvalue weighted by Crippen LogP contribution is -1.98. The van der Waals surface area contributed by atoms with Crippen molar-refractivity contribution >= 4 is 23.2 Å². The Kier molecular flexibility index (Phi) is 2.20. The average molecular weight is 163 g/mol. The van der Waals surface area contributed by atoms with Crippen LogP contribution in [0.1, 0.15) is 13.3 Å². The van der Waals surface area contributed by atoms with Crippen molar-refractivity contribution in [1.29, 1.82) is 0 Å². The van der Waals surface area contributed by atoms with Crippen LogP contribution in [0.5, 0.6) is 0 Å². The van der Waals surface area contributed by atoms with E-state index in [4.69, 9.17) is 23.2 Å². The van der Waals surface area contributed by atoms with E-state index in [0.29, 0.717) is 0 Å². The van der Waals surface area contributed by atoms with Crippen molar-refractivity contribution in [1.82, 2.24) is 0 Å². The Labute approximate surface area is 65.2 Å². The monoisotopic (exact) mass is 162 g/mol. The SMILES string of the molecule is CC1=CCC(Cl)C=C1Cl. The van der Waals surface area contributed by atoms with Crippen LogP contribution < -0.4 is 0 Å². The highest BCUT2D eigenvalue weighted by Gasteiger charge is 2.07. The van der Waals surface area contributed by atoms with Crippen LogP contribution in [-0.4, -0.2) is 5.38 Å². The zero-order valence-corrected chi connectivity index (χ0v) is 6.71. The second-order valence-corrected chi connectivity index (χ2v) is 3.12. The van der Waals surface area contributed by atoms with Gasteiger partial charge in [0.15, 0.2) is 0 Å². The minimum Gasteiger partial charge on any atom is -0.118 e. The molecule has 0 aromatic heterocycles. The van der Waals surface area contributed by atoms with Gasteiger partial charge in [0.25, 0.3) is 0 Å². The van der Waals surface area contributed by atoms with Crippen LogP contribution in [-0.2, 0) is 0 Å². The zero-order valence-electron chi connectivity index (χ0n) is 5.20. The molecular formula is C7H8Cl2. The summed E-state index contributed by atoms with van der Waals surface area (Å²) in [5.74, 6) is 0. The normalized spacial score (nSPS) is 27.2. The van der Waals surface area contributed by atoms with E-state index in [0.717, 1.165) is 17.0 Å². The first-order valence-electron chi connectivity index (χ1n) is 2.88. The molecular weight excluding hydrogens is 155 g/mol. The number of rotatable bonds is 0. The summed E-state index contributed by atoms with van der Waals surface area (Å²) in [4.78, 5) is 0. The van der Waals surface area contributed by atoms with Gasteiger partial charge in [-0.25, -0.2) is 0 Å². The predicted octanol–water partition coefficient (Wildman–Crippen LogP) is 3.07. The van der Waals surface area contributed by atoms with Gasteiger partial charge in [0.05, 0.1) is 5.38 Å². The van der Waals surface area contributed by atoms with Crippen molar-refractivity contribution in [2.75, 3.05) is 0 Å². The molecule has 0 saturated carbocycles. The Balaban J connectivity index is 2.75. The molecule has 0 radical (unpaired) electrons. The molecule has 50 valence electrons. The Morgan fingerprint density at radius 1 is 1.67 bits per heavy atom. The first kappa shape index (κ1) is 7.17. The molecule has 1 aliphatic rings. The minimum atomic E-state index is 0.0983. The van der Waals surface area contributed by atoms with Crippen LogP contribution in [0.2, 0.25) is 0 Å². The molecule has 0 heterocycles. The van der Waals surface area contributed by atoms with Crippen LogP contribution in [0.3, 0.4) is 0 Å². The van der Waals surface area contributed by atoms with Crippen molar-refractivity contribution in [2.24, 2.45) is 0 Å². The molecule has 2 heteroatoms. The largest absolute Gasteiger partial charge is 0.118 e. The highest BCUT2D eigenvalue weighted by molar-refractivity contribution is 6.33. The van der Waals surface area contributed by atoms with Crippen LogP contribution in [0, 0.1) is 0 Å². The van der Waals surface area contributed by atoms with Crippen molar-refractivity contribution < 1.29 is 0 Å². The van der Waals surface area contributed by atoms with E-state index in [9.17, 15) is 0 Å². The quantitative estimate of drug-likeness (QED) is 0.481.